The smallest absolute Gasteiger partial charge is 0.306 e. The molecule has 0 N–H and O–H groups in total. The highest BCUT2D eigenvalue weighted by molar-refractivity contribution is 5.70. The normalized spacial score (nSPS) is 12.7. The van der Waals surface area contributed by atoms with Crippen molar-refractivity contribution in [1.29, 1.82) is 0 Å². The molecular formula is C84H159NO8. The van der Waals surface area contributed by atoms with E-state index in [-0.39, 0.29) is 32.2 Å². The predicted molar refractivity (Wildman–Crippen MR) is 399 cm³/mol. The van der Waals surface area contributed by atoms with E-state index >= 15 is 0 Å². The molecule has 0 aliphatic carbocycles. The van der Waals surface area contributed by atoms with E-state index in [2.05, 4.69) is 50.3 Å². The minimum Gasteiger partial charge on any atom is -0.545 e. The second kappa shape index (κ2) is 75.3. The van der Waals surface area contributed by atoms with Crippen LogP contribution in [-0.2, 0) is 33.3 Å². The molecule has 0 aliphatic heterocycles. The summed E-state index contributed by atoms with van der Waals surface area (Å²) in [5.74, 6) is -2.25. The third kappa shape index (κ3) is 76.7. The molecule has 0 saturated heterocycles. The lowest BCUT2D eigenvalue weighted by molar-refractivity contribution is -0.870. The maximum absolute atomic E-state index is 13.0. The summed E-state index contributed by atoms with van der Waals surface area (Å²) in [6.07, 6.45) is 94.3. The summed E-state index contributed by atoms with van der Waals surface area (Å²) in [6.45, 7) is 4.81. The number of likely N-dealkylation sites (N-methyl/N-ethyl adjacent to an activating group) is 1. The average Bonchev–Trinajstić information content (AvgIpc) is 3.38. The monoisotopic (exact) mass is 1310 g/mol. The summed E-state index contributed by atoms with van der Waals surface area (Å²) in [6, 6.07) is 0. The molecule has 0 aromatic rings. The molecule has 2 atom stereocenters. The summed E-state index contributed by atoms with van der Waals surface area (Å²) in [7, 11) is 5.95. The van der Waals surface area contributed by atoms with Gasteiger partial charge in [0.2, 0.25) is 0 Å². The van der Waals surface area contributed by atoms with Gasteiger partial charge in [-0.1, -0.05) is 378 Å². The Morgan fingerprint density at radius 2 is 0.581 bits per heavy atom. The van der Waals surface area contributed by atoms with Crippen LogP contribution in [-0.4, -0.2) is 82.3 Å². The molecule has 0 rings (SSSR count). The van der Waals surface area contributed by atoms with Gasteiger partial charge >= 0.3 is 11.9 Å². The Morgan fingerprint density at radius 1 is 0.323 bits per heavy atom. The van der Waals surface area contributed by atoms with Crippen LogP contribution < -0.4 is 5.11 Å². The van der Waals surface area contributed by atoms with Gasteiger partial charge in [-0.15, -0.1) is 0 Å². The number of aliphatic carboxylic acids is 1. The predicted octanol–water partition coefficient (Wildman–Crippen LogP) is 24.9. The summed E-state index contributed by atoms with van der Waals surface area (Å²) in [5.41, 5.74) is 0. The molecule has 0 fully saturated rings. The van der Waals surface area contributed by atoms with E-state index in [1.807, 2.05) is 21.1 Å². The highest BCUT2D eigenvalue weighted by Gasteiger charge is 2.22. The number of carbonyl (C=O) groups is 3. The number of rotatable bonds is 78. The number of carbonyl (C=O) groups excluding carboxylic acids is 3. The zero-order valence-electron chi connectivity index (χ0n) is 62.9. The zero-order chi connectivity index (χ0) is 67.5. The third-order valence-corrected chi connectivity index (χ3v) is 18.9. The minimum absolute atomic E-state index is 0.151. The molecule has 0 aromatic heterocycles. The van der Waals surface area contributed by atoms with Crippen molar-refractivity contribution in [3.8, 4) is 0 Å². The number of esters is 2. The Bertz CT molecular complexity index is 1620. The van der Waals surface area contributed by atoms with Gasteiger partial charge < -0.3 is 33.3 Å². The maximum atomic E-state index is 13.0. The Balaban J connectivity index is 3.91. The van der Waals surface area contributed by atoms with E-state index < -0.39 is 24.3 Å². The van der Waals surface area contributed by atoms with E-state index in [4.69, 9.17) is 18.9 Å². The first-order valence-corrected chi connectivity index (χ1v) is 41.1. The van der Waals surface area contributed by atoms with Gasteiger partial charge in [-0.25, -0.2) is 0 Å². The fourth-order valence-electron chi connectivity index (χ4n) is 12.6. The SMILES string of the molecule is CCCCCCC/C=C\C/C=C\CCCCCCCCCCCCCCCCCC(=O)OC(COC(=O)CCCCCCCCCCCCCCCCCCCCCCCCCCCCCCC/C=C\CCCCCCCCCC)COC(OCC[N+](C)(C)C)C(=O)[O-]. The molecule has 0 bridgehead atoms. The summed E-state index contributed by atoms with van der Waals surface area (Å²) in [5, 5.41) is 11.9. The van der Waals surface area contributed by atoms with Crippen molar-refractivity contribution < 1.29 is 42.9 Å². The molecule has 0 saturated carbocycles. The summed E-state index contributed by atoms with van der Waals surface area (Å²) >= 11 is 0. The molecule has 0 heterocycles. The van der Waals surface area contributed by atoms with Crippen LogP contribution in [0.15, 0.2) is 36.5 Å². The first kappa shape index (κ1) is 90.5. The van der Waals surface area contributed by atoms with Gasteiger partial charge in [0.05, 0.1) is 40.3 Å². The Kier molecular flexibility index (Phi) is 73.3. The van der Waals surface area contributed by atoms with Crippen molar-refractivity contribution in [3.63, 3.8) is 0 Å². The van der Waals surface area contributed by atoms with Crippen LogP contribution in [0.1, 0.15) is 425 Å². The van der Waals surface area contributed by atoms with Gasteiger partial charge in [-0.05, 0) is 70.6 Å². The number of hydrogen-bond acceptors (Lipinski definition) is 8. The van der Waals surface area contributed by atoms with E-state index in [1.165, 1.54) is 353 Å². The van der Waals surface area contributed by atoms with Crippen molar-refractivity contribution in [1.82, 2.24) is 0 Å². The lowest BCUT2D eigenvalue weighted by Crippen LogP contribution is -2.44. The van der Waals surface area contributed by atoms with E-state index in [0.29, 0.717) is 17.4 Å². The standard InChI is InChI=1S/C84H159NO8/c1-6-8-10-12-14-16-18-20-22-24-26-28-30-32-34-35-36-37-38-39-40-41-42-43-44-45-46-47-49-50-52-54-56-58-60-62-64-66-68-70-72-74-81(86)91-78-80(79-92-84(83(88)89)90-77-76-85(3,4)5)93-82(87)75-73-71-69-67-65-63-61-59-57-55-53-51-48-33-31-29-27-25-23-21-19-17-15-13-11-9-7-2/h19,21,24-27,80,84H,6-18,20,22-23,28-79H2,1-5H3/b21-19-,26-24-,27-25-. The second-order valence-electron chi connectivity index (χ2n) is 29.4. The molecule has 2 unspecified atom stereocenters. The molecular weight excluding hydrogens is 1150 g/mol. The van der Waals surface area contributed by atoms with Crippen molar-refractivity contribution >= 4 is 17.9 Å². The highest BCUT2D eigenvalue weighted by Crippen LogP contribution is 2.20. The maximum Gasteiger partial charge on any atom is 0.306 e. The summed E-state index contributed by atoms with van der Waals surface area (Å²) in [4.78, 5) is 37.6. The number of quaternary nitrogens is 1. The Hall–Kier alpha value is -2.49. The summed E-state index contributed by atoms with van der Waals surface area (Å²) < 4.78 is 22.9. The number of nitrogens with zero attached hydrogens (tertiary/aromatic N) is 1. The molecule has 0 radical (unpaired) electrons. The number of carboxylic acids is 1. The molecule has 9 heteroatoms. The van der Waals surface area contributed by atoms with Crippen molar-refractivity contribution in [2.75, 3.05) is 47.5 Å². The van der Waals surface area contributed by atoms with Gasteiger partial charge in [-0.2, -0.15) is 0 Å². The van der Waals surface area contributed by atoms with Gasteiger partial charge in [0, 0.05) is 12.8 Å². The van der Waals surface area contributed by atoms with E-state index in [1.54, 1.807) is 0 Å². The van der Waals surface area contributed by atoms with Gasteiger partial charge in [0.15, 0.2) is 12.4 Å². The molecule has 0 amide bonds. The van der Waals surface area contributed by atoms with Crippen LogP contribution in [0.2, 0.25) is 0 Å². The topological polar surface area (TPSA) is 111 Å². The van der Waals surface area contributed by atoms with E-state index in [9.17, 15) is 19.5 Å². The largest absolute Gasteiger partial charge is 0.545 e. The minimum atomic E-state index is -1.62. The molecule has 548 valence electrons. The zero-order valence-corrected chi connectivity index (χ0v) is 62.9. The lowest BCUT2D eigenvalue weighted by Gasteiger charge is -2.26. The van der Waals surface area contributed by atoms with Crippen molar-refractivity contribution in [2.24, 2.45) is 0 Å². The first-order valence-electron chi connectivity index (χ1n) is 41.1. The van der Waals surface area contributed by atoms with Gasteiger partial charge in [0.1, 0.15) is 13.2 Å². The van der Waals surface area contributed by atoms with Crippen LogP contribution >= 0.6 is 0 Å². The molecule has 0 aliphatic rings. The van der Waals surface area contributed by atoms with Crippen LogP contribution in [0.5, 0.6) is 0 Å². The quantitative estimate of drug-likeness (QED) is 0.0195. The molecule has 9 nitrogen and oxygen atoms in total. The van der Waals surface area contributed by atoms with E-state index in [0.717, 1.165) is 44.9 Å². The van der Waals surface area contributed by atoms with Crippen LogP contribution in [0, 0.1) is 0 Å². The Labute approximate surface area is 579 Å². The number of ether oxygens (including phenoxy) is 4. The molecule has 0 aromatic carbocycles. The third-order valence-electron chi connectivity index (χ3n) is 18.9. The number of unbranched alkanes of at least 4 members (excludes halogenated alkanes) is 57. The van der Waals surface area contributed by atoms with Crippen LogP contribution in [0.4, 0.5) is 0 Å². The number of carboxylic acid groups (broad SMARTS) is 1. The molecule has 93 heavy (non-hydrogen) atoms. The second-order valence-corrected chi connectivity index (χ2v) is 29.4. The van der Waals surface area contributed by atoms with Crippen molar-refractivity contribution in [2.45, 2.75) is 437 Å². The Morgan fingerprint density at radius 3 is 0.860 bits per heavy atom. The number of hydrogen-bond donors (Lipinski definition) is 0. The van der Waals surface area contributed by atoms with Crippen molar-refractivity contribution in [3.05, 3.63) is 36.5 Å². The first-order chi connectivity index (χ1) is 45.6. The number of allylic oxidation sites excluding steroid dienone is 6. The van der Waals surface area contributed by atoms with Gasteiger partial charge in [-0.3, -0.25) is 9.59 Å². The fourth-order valence-corrected chi connectivity index (χ4v) is 12.6. The average molecular weight is 1310 g/mol. The highest BCUT2D eigenvalue weighted by atomic mass is 16.7. The fraction of sp³-hybridized carbons (Fsp3) is 0.893. The lowest BCUT2D eigenvalue weighted by atomic mass is 10.0. The van der Waals surface area contributed by atoms with Crippen LogP contribution in [0.25, 0.3) is 0 Å². The molecule has 0 spiro atoms. The van der Waals surface area contributed by atoms with Crippen LogP contribution in [0.3, 0.4) is 0 Å². The van der Waals surface area contributed by atoms with Gasteiger partial charge in [0.25, 0.3) is 0 Å².